The van der Waals surface area contributed by atoms with E-state index in [1.165, 1.54) is 7.11 Å². The Morgan fingerprint density at radius 3 is 2.61 bits per heavy atom. The van der Waals surface area contributed by atoms with E-state index in [0.717, 1.165) is 11.3 Å². The normalized spacial score (nSPS) is 11.7. The summed E-state index contributed by atoms with van der Waals surface area (Å²) in [7, 11) is 1.28. The van der Waals surface area contributed by atoms with Crippen molar-refractivity contribution >= 4 is 11.9 Å². The van der Waals surface area contributed by atoms with Crippen LogP contribution in [0, 0.1) is 0 Å². The van der Waals surface area contributed by atoms with E-state index in [-0.39, 0.29) is 12.5 Å². The van der Waals surface area contributed by atoms with E-state index in [4.69, 9.17) is 4.42 Å². The smallest absolute Gasteiger partial charge is 0.325 e. The second-order valence-corrected chi connectivity index (χ2v) is 5.00. The van der Waals surface area contributed by atoms with Crippen molar-refractivity contribution in [3.63, 3.8) is 0 Å². The van der Waals surface area contributed by atoms with Gasteiger partial charge in [-0.25, -0.2) is 0 Å². The maximum Gasteiger partial charge on any atom is 0.325 e. The highest BCUT2D eigenvalue weighted by atomic mass is 16.5. The molecule has 0 aliphatic rings. The van der Waals surface area contributed by atoms with Gasteiger partial charge in [0.15, 0.2) is 0 Å². The van der Waals surface area contributed by atoms with Crippen LogP contribution in [0.25, 0.3) is 0 Å². The van der Waals surface area contributed by atoms with Crippen LogP contribution in [-0.2, 0) is 27.3 Å². The summed E-state index contributed by atoms with van der Waals surface area (Å²) in [6.45, 7) is 0.277. The van der Waals surface area contributed by atoms with Gasteiger partial charge in [0.05, 0.1) is 26.0 Å². The summed E-state index contributed by atoms with van der Waals surface area (Å²) in [5, 5.41) is 5.73. The Balaban J connectivity index is 1.97. The fourth-order valence-electron chi connectivity index (χ4n) is 2.10. The van der Waals surface area contributed by atoms with Crippen LogP contribution in [0.2, 0.25) is 0 Å². The molecule has 0 saturated carbocycles. The number of hydrogen-bond acceptors (Lipinski definition) is 5. The lowest BCUT2D eigenvalue weighted by Gasteiger charge is -2.17. The van der Waals surface area contributed by atoms with Gasteiger partial charge in [0, 0.05) is 0 Å². The third-order valence-corrected chi connectivity index (χ3v) is 3.34. The minimum atomic E-state index is -0.483. The molecule has 0 radical (unpaired) electrons. The monoisotopic (exact) mass is 316 g/mol. The van der Waals surface area contributed by atoms with Crippen molar-refractivity contribution in [1.29, 1.82) is 0 Å². The molecule has 0 aliphatic heterocycles. The predicted octanol–water partition coefficient (Wildman–Crippen LogP) is 1.27. The van der Waals surface area contributed by atoms with Crippen LogP contribution < -0.4 is 10.6 Å². The van der Waals surface area contributed by atoms with Crippen LogP contribution in [0.4, 0.5) is 0 Å². The highest BCUT2D eigenvalue weighted by Crippen LogP contribution is 2.06. The van der Waals surface area contributed by atoms with E-state index in [1.54, 1.807) is 12.3 Å². The molecule has 2 rings (SSSR count). The average Bonchev–Trinajstić information content (AvgIpc) is 3.10. The Morgan fingerprint density at radius 1 is 1.17 bits per heavy atom. The molecule has 0 fully saturated rings. The molecule has 6 heteroatoms. The number of carbonyl (C=O) groups is 2. The number of amides is 1. The Labute approximate surface area is 134 Å². The molecule has 2 aromatic rings. The van der Waals surface area contributed by atoms with Crippen LogP contribution >= 0.6 is 0 Å². The number of hydrogen-bond donors (Lipinski definition) is 2. The van der Waals surface area contributed by atoms with Crippen molar-refractivity contribution in [2.45, 2.75) is 19.0 Å². The zero-order valence-electron chi connectivity index (χ0n) is 13.0. The van der Waals surface area contributed by atoms with Crippen LogP contribution in [0.5, 0.6) is 0 Å². The van der Waals surface area contributed by atoms with E-state index in [0.29, 0.717) is 13.0 Å². The molecule has 0 unspecified atom stereocenters. The molecule has 0 saturated heterocycles. The molecular formula is C17H20N2O4. The van der Waals surface area contributed by atoms with E-state index in [1.807, 2.05) is 36.4 Å². The van der Waals surface area contributed by atoms with Gasteiger partial charge in [-0.15, -0.1) is 0 Å². The Morgan fingerprint density at radius 2 is 1.96 bits per heavy atom. The number of esters is 1. The van der Waals surface area contributed by atoms with Gasteiger partial charge >= 0.3 is 5.97 Å². The number of benzene rings is 1. The highest BCUT2D eigenvalue weighted by molar-refractivity contribution is 5.85. The summed E-state index contributed by atoms with van der Waals surface area (Å²) in [6, 6.07) is 12.8. The van der Waals surface area contributed by atoms with Crippen molar-refractivity contribution in [3.05, 3.63) is 60.1 Å². The number of methoxy groups -OCH3 is 1. The molecule has 1 aromatic heterocycles. The van der Waals surface area contributed by atoms with Gasteiger partial charge in [0.2, 0.25) is 5.91 Å². The second-order valence-electron chi connectivity index (χ2n) is 5.00. The topological polar surface area (TPSA) is 80.6 Å². The number of rotatable bonds is 8. The number of ether oxygens (including phenoxy) is 1. The summed E-state index contributed by atoms with van der Waals surface area (Å²) in [4.78, 5) is 23.5. The maximum atomic E-state index is 12.3. The lowest BCUT2D eigenvalue weighted by Crippen LogP contribution is -2.46. The van der Waals surface area contributed by atoms with Gasteiger partial charge in [0.25, 0.3) is 0 Å². The molecule has 122 valence electrons. The van der Waals surface area contributed by atoms with Crippen molar-refractivity contribution < 1.29 is 18.7 Å². The molecule has 0 bridgehead atoms. The summed E-state index contributed by atoms with van der Waals surface area (Å²) in [5.41, 5.74) is 1.03. The summed E-state index contributed by atoms with van der Waals surface area (Å²) >= 11 is 0. The average molecular weight is 316 g/mol. The predicted molar refractivity (Wildman–Crippen MR) is 84.5 cm³/mol. The van der Waals surface area contributed by atoms with Crippen LogP contribution in [0.15, 0.2) is 53.1 Å². The first-order valence-electron chi connectivity index (χ1n) is 7.33. The zero-order valence-corrected chi connectivity index (χ0v) is 13.0. The van der Waals surface area contributed by atoms with Crippen molar-refractivity contribution in [2.75, 3.05) is 13.7 Å². The van der Waals surface area contributed by atoms with Crippen LogP contribution in [0.3, 0.4) is 0 Å². The minimum absolute atomic E-state index is 0.150. The third kappa shape index (κ3) is 5.60. The van der Waals surface area contributed by atoms with E-state index in [2.05, 4.69) is 15.4 Å². The van der Waals surface area contributed by atoms with Gasteiger partial charge in [-0.05, 0) is 24.1 Å². The van der Waals surface area contributed by atoms with Gasteiger partial charge in [-0.1, -0.05) is 30.3 Å². The summed E-state index contributed by atoms with van der Waals surface area (Å²) in [6.07, 6.45) is 2.09. The minimum Gasteiger partial charge on any atom is -0.468 e. The van der Waals surface area contributed by atoms with E-state index in [9.17, 15) is 9.59 Å². The number of nitrogens with one attached hydrogen (secondary N) is 2. The van der Waals surface area contributed by atoms with Gasteiger partial charge in [0.1, 0.15) is 12.3 Å². The molecular weight excluding hydrogens is 296 g/mol. The lowest BCUT2D eigenvalue weighted by atomic mass is 10.1. The molecule has 1 heterocycles. The molecule has 1 atom stereocenters. The van der Waals surface area contributed by atoms with E-state index < -0.39 is 12.0 Å². The van der Waals surface area contributed by atoms with Crippen LogP contribution in [-0.4, -0.2) is 31.6 Å². The molecule has 1 amide bonds. The molecule has 1 aromatic carbocycles. The molecule has 0 spiro atoms. The Hall–Kier alpha value is -2.60. The van der Waals surface area contributed by atoms with Crippen molar-refractivity contribution in [1.82, 2.24) is 10.6 Å². The molecule has 6 nitrogen and oxygen atoms in total. The fourth-order valence-corrected chi connectivity index (χ4v) is 2.10. The summed E-state index contributed by atoms with van der Waals surface area (Å²) < 4.78 is 9.79. The van der Waals surface area contributed by atoms with E-state index >= 15 is 0 Å². The SMILES string of the molecule is COC(=O)CNC(=O)[C@H](Cc1ccccc1)NCc1ccco1. The van der Waals surface area contributed by atoms with Gasteiger partial charge in [-0.3, -0.25) is 14.9 Å². The molecule has 2 N–H and O–H groups in total. The maximum absolute atomic E-state index is 12.3. The standard InChI is InChI=1S/C17H20N2O4/c1-22-16(20)12-19-17(21)15(10-13-6-3-2-4-7-13)18-11-14-8-5-9-23-14/h2-9,15,18H,10-12H2,1H3,(H,19,21)/t15-/m0/s1. The second kappa shape index (κ2) is 8.75. The van der Waals surface area contributed by atoms with Crippen molar-refractivity contribution in [3.8, 4) is 0 Å². The lowest BCUT2D eigenvalue weighted by molar-refractivity contribution is -0.141. The first-order chi connectivity index (χ1) is 11.2. The quantitative estimate of drug-likeness (QED) is 0.717. The Kier molecular flexibility index (Phi) is 6.38. The third-order valence-electron chi connectivity index (χ3n) is 3.34. The number of carbonyl (C=O) groups excluding carboxylic acids is 2. The van der Waals surface area contributed by atoms with Gasteiger partial charge in [-0.2, -0.15) is 0 Å². The largest absolute Gasteiger partial charge is 0.468 e. The Bertz CT molecular complexity index is 611. The van der Waals surface area contributed by atoms with Crippen molar-refractivity contribution in [2.24, 2.45) is 0 Å². The van der Waals surface area contributed by atoms with Gasteiger partial charge < -0.3 is 14.5 Å². The first-order valence-corrected chi connectivity index (χ1v) is 7.33. The molecule has 0 aliphatic carbocycles. The first kappa shape index (κ1) is 16.8. The highest BCUT2D eigenvalue weighted by Gasteiger charge is 2.19. The summed E-state index contributed by atoms with van der Waals surface area (Å²) in [5.74, 6) is -0.00233. The fraction of sp³-hybridized carbons (Fsp3) is 0.294. The van der Waals surface area contributed by atoms with Crippen LogP contribution in [0.1, 0.15) is 11.3 Å². The molecule has 23 heavy (non-hydrogen) atoms. The number of furan rings is 1. The zero-order chi connectivity index (χ0) is 16.5.